The van der Waals surface area contributed by atoms with E-state index in [1.54, 1.807) is 0 Å². The lowest BCUT2D eigenvalue weighted by Crippen LogP contribution is -2.22. The summed E-state index contributed by atoms with van der Waals surface area (Å²) >= 11 is 0. The predicted octanol–water partition coefficient (Wildman–Crippen LogP) is 3.44. The van der Waals surface area contributed by atoms with Crippen molar-refractivity contribution in [3.63, 3.8) is 0 Å². The second-order valence-corrected chi connectivity index (χ2v) is 4.77. The number of hydrogen-bond donors (Lipinski definition) is 0. The maximum Gasteiger partial charge on any atom is 0.122 e. The van der Waals surface area contributed by atoms with Crippen molar-refractivity contribution >= 4 is 0 Å². The van der Waals surface area contributed by atoms with Crippen LogP contribution in [0.1, 0.15) is 33.3 Å². The summed E-state index contributed by atoms with van der Waals surface area (Å²) in [5.41, 5.74) is 1.16. The molecule has 0 bridgehead atoms. The zero-order chi connectivity index (χ0) is 12.0. The molecule has 16 heavy (non-hydrogen) atoms. The monoisotopic (exact) mass is 222 g/mol. The molecule has 0 radical (unpaired) electrons. The fraction of sp³-hybridized carbons (Fsp3) is 0.571. The molecule has 0 amide bonds. The lowest BCUT2D eigenvalue weighted by molar-refractivity contribution is -0.0163. The summed E-state index contributed by atoms with van der Waals surface area (Å²) in [5, 5.41) is 0. The van der Waals surface area contributed by atoms with Crippen LogP contribution in [0, 0.1) is 0 Å². The van der Waals surface area contributed by atoms with Crippen LogP contribution in [0.15, 0.2) is 24.3 Å². The molecule has 1 aromatic rings. The van der Waals surface area contributed by atoms with Crippen molar-refractivity contribution in [2.45, 2.75) is 39.7 Å². The third-order valence-corrected chi connectivity index (χ3v) is 2.23. The van der Waals surface area contributed by atoms with Crippen molar-refractivity contribution in [2.24, 2.45) is 0 Å². The van der Waals surface area contributed by atoms with Gasteiger partial charge >= 0.3 is 0 Å². The first kappa shape index (κ1) is 13.0. The first-order valence-corrected chi connectivity index (χ1v) is 5.87. The van der Waals surface area contributed by atoms with Gasteiger partial charge in [-0.1, -0.05) is 25.1 Å². The Morgan fingerprint density at radius 3 is 2.38 bits per heavy atom. The molecule has 2 heteroatoms. The molecule has 0 atom stereocenters. The van der Waals surface area contributed by atoms with E-state index in [2.05, 4.69) is 13.0 Å². The standard InChI is InChI=1S/C14H22O2/c1-5-12-8-6-7-9-13(12)15-10-11-16-14(2,3)4/h6-9H,5,10-11H2,1-4H3. The number of para-hydroxylation sites is 1. The number of hydrogen-bond acceptors (Lipinski definition) is 2. The van der Waals surface area contributed by atoms with Gasteiger partial charge in [-0.05, 0) is 38.8 Å². The van der Waals surface area contributed by atoms with E-state index in [0.29, 0.717) is 13.2 Å². The van der Waals surface area contributed by atoms with E-state index in [9.17, 15) is 0 Å². The SMILES string of the molecule is CCc1ccccc1OCCOC(C)(C)C. The normalized spacial score (nSPS) is 11.5. The van der Waals surface area contributed by atoms with E-state index in [4.69, 9.17) is 9.47 Å². The van der Waals surface area contributed by atoms with Crippen molar-refractivity contribution in [1.82, 2.24) is 0 Å². The Labute approximate surface area is 98.6 Å². The molecule has 2 nitrogen and oxygen atoms in total. The quantitative estimate of drug-likeness (QED) is 0.710. The molecule has 0 fully saturated rings. The van der Waals surface area contributed by atoms with E-state index < -0.39 is 0 Å². The molecule has 0 aliphatic carbocycles. The highest BCUT2D eigenvalue weighted by Crippen LogP contribution is 2.18. The largest absolute Gasteiger partial charge is 0.491 e. The van der Waals surface area contributed by atoms with Gasteiger partial charge in [0.2, 0.25) is 0 Å². The van der Waals surface area contributed by atoms with Gasteiger partial charge in [-0.25, -0.2) is 0 Å². The van der Waals surface area contributed by atoms with Crippen LogP contribution in [-0.2, 0) is 11.2 Å². The minimum atomic E-state index is -0.0896. The second-order valence-electron chi connectivity index (χ2n) is 4.77. The summed E-state index contributed by atoms with van der Waals surface area (Å²) in [5.74, 6) is 0.975. The molecule has 0 heterocycles. The molecule has 0 aromatic heterocycles. The smallest absolute Gasteiger partial charge is 0.122 e. The highest BCUT2D eigenvalue weighted by atomic mass is 16.5. The molecule has 1 aromatic carbocycles. The van der Waals surface area contributed by atoms with Gasteiger partial charge in [0.25, 0.3) is 0 Å². The zero-order valence-electron chi connectivity index (χ0n) is 10.7. The van der Waals surface area contributed by atoms with Gasteiger partial charge in [0.15, 0.2) is 0 Å². The molecular formula is C14H22O2. The van der Waals surface area contributed by atoms with Crippen LogP contribution in [0.3, 0.4) is 0 Å². The molecule has 0 aliphatic heterocycles. The third-order valence-electron chi connectivity index (χ3n) is 2.23. The van der Waals surface area contributed by atoms with Crippen LogP contribution in [0.4, 0.5) is 0 Å². The minimum Gasteiger partial charge on any atom is -0.491 e. The van der Waals surface area contributed by atoms with Crippen molar-refractivity contribution in [2.75, 3.05) is 13.2 Å². The van der Waals surface area contributed by atoms with Crippen molar-refractivity contribution in [3.8, 4) is 5.75 Å². The van der Waals surface area contributed by atoms with E-state index in [0.717, 1.165) is 12.2 Å². The summed E-state index contributed by atoms with van der Waals surface area (Å²) in [6, 6.07) is 8.15. The number of benzene rings is 1. The Kier molecular flexibility index (Phi) is 4.81. The van der Waals surface area contributed by atoms with E-state index in [1.807, 2.05) is 39.0 Å². The van der Waals surface area contributed by atoms with Crippen LogP contribution in [-0.4, -0.2) is 18.8 Å². The number of rotatable bonds is 5. The maximum absolute atomic E-state index is 5.70. The Bertz CT molecular complexity index is 313. The number of ether oxygens (including phenoxy) is 2. The fourth-order valence-corrected chi connectivity index (χ4v) is 1.44. The average Bonchev–Trinajstić information content (AvgIpc) is 2.23. The third kappa shape index (κ3) is 4.67. The molecule has 90 valence electrons. The molecule has 0 saturated carbocycles. The molecular weight excluding hydrogens is 200 g/mol. The van der Waals surface area contributed by atoms with Crippen LogP contribution < -0.4 is 4.74 Å². The van der Waals surface area contributed by atoms with E-state index in [-0.39, 0.29) is 5.60 Å². The van der Waals surface area contributed by atoms with E-state index in [1.165, 1.54) is 5.56 Å². The fourth-order valence-electron chi connectivity index (χ4n) is 1.44. The van der Waals surface area contributed by atoms with Crippen LogP contribution >= 0.6 is 0 Å². The highest BCUT2D eigenvalue weighted by Gasteiger charge is 2.09. The second kappa shape index (κ2) is 5.90. The topological polar surface area (TPSA) is 18.5 Å². The molecule has 1 rings (SSSR count). The van der Waals surface area contributed by atoms with Gasteiger partial charge < -0.3 is 9.47 Å². The van der Waals surface area contributed by atoms with Gasteiger partial charge in [0.1, 0.15) is 12.4 Å². The van der Waals surface area contributed by atoms with Crippen LogP contribution in [0.25, 0.3) is 0 Å². The van der Waals surface area contributed by atoms with Gasteiger partial charge in [-0.15, -0.1) is 0 Å². The van der Waals surface area contributed by atoms with Gasteiger partial charge in [0, 0.05) is 0 Å². The molecule has 0 spiro atoms. The first-order chi connectivity index (χ1) is 7.53. The van der Waals surface area contributed by atoms with Gasteiger partial charge in [-0.3, -0.25) is 0 Å². The van der Waals surface area contributed by atoms with Crippen molar-refractivity contribution in [1.29, 1.82) is 0 Å². The highest BCUT2D eigenvalue weighted by molar-refractivity contribution is 5.33. The van der Waals surface area contributed by atoms with Gasteiger partial charge in [0.05, 0.1) is 12.2 Å². The maximum atomic E-state index is 5.70. The summed E-state index contributed by atoms with van der Waals surface area (Å²) in [7, 11) is 0. The summed E-state index contributed by atoms with van der Waals surface area (Å²) in [4.78, 5) is 0. The minimum absolute atomic E-state index is 0.0896. The lowest BCUT2D eigenvalue weighted by Gasteiger charge is -2.19. The molecule has 0 saturated heterocycles. The van der Waals surface area contributed by atoms with Gasteiger partial charge in [-0.2, -0.15) is 0 Å². The molecule has 0 N–H and O–H groups in total. The first-order valence-electron chi connectivity index (χ1n) is 5.87. The van der Waals surface area contributed by atoms with Crippen molar-refractivity contribution in [3.05, 3.63) is 29.8 Å². The Morgan fingerprint density at radius 1 is 1.06 bits per heavy atom. The Hall–Kier alpha value is -1.02. The lowest BCUT2D eigenvalue weighted by atomic mass is 10.1. The van der Waals surface area contributed by atoms with Crippen LogP contribution in [0.5, 0.6) is 5.75 Å². The molecule has 0 aliphatic rings. The summed E-state index contributed by atoms with van der Waals surface area (Å²) in [6.45, 7) is 9.51. The summed E-state index contributed by atoms with van der Waals surface area (Å²) in [6.07, 6.45) is 0.996. The van der Waals surface area contributed by atoms with Crippen molar-refractivity contribution < 1.29 is 9.47 Å². The molecule has 0 unspecified atom stereocenters. The summed E-state index contributed by atoms with van der Waals surface area (Å²) < 4.78 is 11.3. The average molecular weight is 222 g/mol. The zero-order valence-corrected chi connectivity index (χ0v) is 10.7. The predicted molar refractivity (Wildman–Crippen MR) is 67.0 cm³/mol. The van der Waals surface area contributed by atoms with Crippen LogP contribution in [0.2, 0.25) is 0 Å². The number of aryl methyl sites for hydroxylation is 1. The Morgan fingerprint density at radius 2 is 1.75 bits per heavy atom. The Balaban J connectivity index is 2.37. The van der Waals surface area contributed by atoms with E-state index >= 15 is 0 Å².